The highest BCUT2D eigenvalue weighted by atomic mass is 16.1. The minimum atomic E-state index is -0.651. The van der Waals surface area contributed by atoms with Gasteiger partial charge in [0, 0.05) is 0 Å². The van der Waals surface area contributed by atoms with Crippen molar-refractivity contribution in [2.24, 2.45) is 5.73 Å². The quantitative estimate of drug-likeness (QED) is 0.698. The summed E-state index contributed by atoms with van der Waals surface area (Å²) in [5, 5.41) is 13.9. The number of benzene rings is 1. The molecule has 9 nitrogen and oxygen atoms in total. The SMILES string of the molecule is NC(=O)c1cncc(N(Cc2ccccc2)c2nn[nH]n2)n1. The van der Waals surface area contributed by atoms with E-state index in [2.05, 4.69) is 30.6 Å². The Kier molecular flexibility index (Phi) is 3.69. The minimum Gasteiger partial charge on any atom is -0.364 e. The molecule has 1 aromatic carbocycles. The van der Waals surface area contributed by atoms with Gasteiger partial charge in [0.25, 0.3) is 11.9 Å². The van der Waals surface area contributed by atoms with Crippen LogP contribution >= 0.6 is 0 Å². The maximum absolute atomic E-state index is 11.3. The number of hydrogen-bond donors (Lipinski definition) is 2. The van der Waals surface area contributed by atoms with Gasteiger partial charge in [0.15, 0.2) is 5.82 Å². The summed E-state index contributed by atoms with van der Waals surface area (Å²) in [5.74, 6) is 0.0726. The Labute approximate surface area is 125 Å². The van der Waals surface area contributed by atoms with Crippen LogP contribution in [0.5, 0.6) is 0 Å². The number of carbonyl (C=O) groups is 1. The van der Waals surface area contributed by atoms with E-state index in [9.17, 15) is 4.79 Å². The second kappa shape index (κ2) is 5.95. The molecule has 2 heterocycles. The lowest BCUT2D eigenvalue weighted by Crippen LogP contribution is -2.22. The van der Waals surface area contributed by atoms with Gasteiger partial charge in [-0.05, 0) is 10.8 Å². The van der Waals surface area contributed by atoms with Gasteiger partial charge in [-0.2, -0.15) is 5.21 Å². The van der Waals surface area contributed by atoms with Crippen LogP contribution in [0, 0.1) is 0 Å². The van der Waals surface area contributed by atoms with Crippen molar-refractivity contribution in [3.63, 3.8) is 0 Å². The van der Waals surface area contributed by atoms with Crippen LogP contribution in [0.15, 0.2) is 42.7 Å². The Bertz CT molecular complexity index is 759. The van der Waals surface area contributed by atoms with E-state index in [-0.39, 0.29) is 5.69 Å². The van der Waals surface area contributed by atoms with Gasteiger partial charge in [-0.25, -0.2) is 4.98 Å². The zero-order valence-corrected chi connectivity index (χ0v) is 11.4. The van der Waals surface area contributed by atoms with Crippen LogP contribution < -0.4 is 10.6 Å². The van der Waals surface area contributed by atoms with Gasteiger partial charge < -0.3 is 5.73 Å². The second-order valence-corrected chi connectivity index (χ2v) is 4.41. The summed E-state index contributed by atoms with van der Waals surface area (Å²) < 4.78 is 0. The van der Waals surface area contributed by atoms with Crippen LogP contribution in [-0.4, -0.2) is 36.5 Å². The van der Waals surface area contributed by atoms with Gasteiger partial charge >= 0.3 is 0 Å². The molecule has 22 heavy (non-hydrogen) atoms. The van der Waals surface area contributed by atoms with Crippen molar-refractivity contribution in [3.8, 4) is 0 Å². The molecular formula is C13H12N8O. The maximum atomic E-state index is 11.3. The third-order valence-corrected chi connectivity index (χ3v) is 2.91. The number of hydrogen-bond acceptors (Lipinski definition) is 7. The number of amides is 1. The Morgan fingerprint density at radius 1 is 1.23 bits per heavy atom. The fourth-order valence-corrected chi connectivity index (χ4v) is 1.90. The lowest BCUT2D eigenvalue weighted by Gasteiger charge is -2.19. The largest absolute Gasteiger partial charge is 0.364 e. The fourth-order valence-electron chi connectivity index (χ4n) is 1.90. The van der Waals surface area contributed by atoms with Crippen molar-refractivity contribution in [3.05, 3.63) is 54.0 Å². The number of H-pyrrole nitrogens is 1. The zero-order chi connectivity index (χ0) is 15.4. The Hall–Kier alpha value is -3.36. The number of tetrazole rings is 1. The number of rotatable bonds is 5. The van der Waals surface area contributed by atoms with Crippen molar-refractivity contribution in [1.29, 1.82) is 0 Å². The summed E-state index contributed by atoms with van der Waals surface area (Å²) in [6.07, 6.45) is 2.81. The van der Waals surface area contributed by atoms with Crippen LogP contribution in [0.2, 0.25) is 0 Å². The lowest BCUT2D eigenvalue weighted by molar-refractivity contribution is 0.0995. The third-order valence-electron chi connectivity index (χ3n) is 2.91. The predicted octanol–water partition coefficient (Wildman–Crippen LogP) is 0.427. The molecule has 0 radical (unpaired) electrons. The van der Waals surface area contributed by atoms with E-state index in [0.29, 0.717) is 18.3 Å². The number of aromatic amines is 1. The summed E-state index contributed by atoms with van der Waals surface area (Å²) in [6.45, 7) is 0.442. The van der Waals surface area contributed by atoms with Crippen molar-refractivity contribution in [2.45, 2.75) is 6.54 Å². The highest BCUT2D eigenvalue weighted by Crippen LogP contribution is 2.21. The highest BCUT2D eigenvalue weighted by Gasteiger charge is 2.17. The van der Waals surface area contributed by atoms with Crippen LogP contribution in [0.1, 0.15) is 16.1 Å². The van der Waals surface area contributed by atoms with E-state index in [0.717, 1.165) is 5.56 Å². The van der Waals surface area contributed by atoms with Crippen molar-refractivity contribution < 1.29 is 4.79 Å². The van der Waals surface area contributed by atoms with Gasteiger partial charge in [0.2, 0.25) is 0 Å². The molecule has 0 aliphatic heterocycles. The van der Waals surface area contributed by atoms with Gasteiger partial charge in [0.05, 0.1) is 18.9 Å². The van der Waals surface area contributed by atoms with E-state index >= 15 is 0 Å². The molecule has 0 unspecified atom stereocenters. The Balaban J connectivity index is 1.99. The molecule has 0 saturated heterocycles. The lowest BCUT2D eigenvalue weighted by atomic mass is 10.2. The Morgan fingerprint density at radius 3 is 2.73 bits per heavy atom. The van der Waals surface area contributed by atoms with E-state index in [1.165, 1.54) is 12.4 Å². The molecule has 0 saturated carbocycles. The standard InChI is InChI=1S/C13H12N8O/c14-12(22)10-6-15-7-11(16-10)21(13-17-19-20-18-13)8-9-4-2-1-3-5-9/h1-7H,8H2,(H2,14,22)(H,17,18,19,20). The first kappa shape index (κ1) is 13.6. The summed E-state index contributed by atoms with van der Waals surface area (Å²) in [4.78, 5) is 21.1. The van der Waals surface area contributed by atoms with E-state index in [1.807, 2.05) is 30.3 Å². The first-order chi connectivity index (χ1) is 10.7. The minimum absolute atomic E-state index is 0.0686. The predicted molar refractivity (Wildman–Crippen MR) is 77.0 cm³/mol. The molecule has 3 N–H and O–H groups in total. The molecule has 0 bridgehead atoms. The van der Waals surface area contributed by atoms with Crippen LogP contribution in [0.4, 0.5) is 11.8 Å². The number of nitrogens with zero attached hydrogens (tertiary/aromatic N) is 6. The van der Waals surface area contributed by atoms with Crippen molar-refractivity contribution >= 4 is 17.7 Å². The molecule has 2 aromatic heterocycles. The van der Waals surface area contributed by atoms with Crippen LogP contribution in [0.3, 0.4) is 0 Å². The number of anilines is 2. The number of nitrogens with one attached hydrogen (secondary N) is 1. The molecule has 9 heteroatoms. The number of aromatic nitrogens is 6. The van der Waals surface area contributed by atoms with E-state index < -0.39 is 5.91 Å². The second-order valence-electron chi connectivity index (χ2n) is 4.41. The molecule has 0 aliphatic rings. The summed E-state index contributed by atoms with van der Waals surface area (Å²) in [7, 11) is 0. The number of nitrogens with two attached hydrogens (primary N) is 1. The average molecular weight is 296 g/mol. The molecule has 1 amide bonds. The summed E-state index contributed by atoms with van der Waals surface area (Å²) >= 11 is 0. The molecule has 3 aromatic rings. The first-order valence-electron chi connectivity index (χ1n) is 6.41. The maximum Gasteiger partial charge on any atom is 0.271 e. The van der Waals surface area contributed by atoms with Crippen molar-refractivity contribution in [1.82, 2.24) is 30.6 Å². The smallest absolute Gasteiger partial charge is 0.271 e. The molecular weight excluding hydrogens is 284 g/mol. The molecule has 0 atom stereocenters. The van der Waals surface area contributed by atoms with E-state index in [1.54, 1.807) is 4.90 Å². The topological polar surface area (TPSA) is 127 Å². The number of carbonyl (C=O) groups excluding carboxylic acids is 1. The fraction of sp³-hybridized carbons (Fsp3) is 0.0769. The van der Waals surface area contributed by atoms with Gasteiger partial charge in [0.1, 0.15) is 5.69 Å². The molecule has 0 fully saturated rings. The Morgan fingerprint density at radius 2 is 2.05 bits per heavy atom. The average Bonchev–Trinajstić information content (AvgIpc) is 3.08. The molecule has 110 valence electrons. The van der Waals surface area contributed by atoms with Gasteiger partial charge in [-0.1, -0.05) is 35.4 Å². The van der Waals surface area contributed by atoms with Gasteiger partial charge in [-0.15, -0.1) is 5.10 Å². The summed E-state index contributed by atoms with van der Waals surface area (Å²) in [5.41, 5.74) is 6.33. The highest BCUT2D eigenvalue weighted by molar-refractivity contribution is 5.90. The monoisotopic (exact) mass is 296 g/mol. The molecule has 3 rings (SSSR count). The molecule has 0 aliphatic carbocycles. The van der Waals surface area contributed by atoms with Crippen molar-refractivity contribution in [2.75, 3.05) is 4.90 Å². The van der Waals surface area contributed by atoms with Crippen LogP contribution in [0.25, 0.3) is 0 Å². The van der Waals surface area contributed by atoms with Crippen LogP contribution in [-0.2, 0) is 6.54 Å². The normalized spacial score (nSPS) is 10.4. The van der Waals surface area contributed by atoms with E-state index in [4.69, 9.17) is 5.73 Å². The zero-order valence-electron chi connectivity index (χ0n) is 11.4. The molecule has 0 spiro atoms. The van der Waals surface area contributed by atoms with Gasteiger partial charge in [-0.3, -0.25) is 14.7 Å². The third kappa shape index (κ3) is 2.87. The summed E-state index contributed by atoms with van der Waals surface area (Å²) in [6, 6.07) is 9.69. The number of primary amides is 1. The first-order valence-corrected chi connectivity index (χ1v) is 6.41.